The minimum atomic E-state index is -1.17. The van der Waals surface area contributed by atoms with Crippen LogP contribution in [0.2, 0.25) is 5.02 Å². The molecule has 5 rings (SSSR count). The number of aliphatic imine (C=N–C) groups is 1. The summed E-state index contributed by atoms with van der Waals surface area (Å²) < 4.78 is 20.2. The number of hydrogen-bond acceptors (Lipinski definition) is 6. The van der Waals surface area contributed by atoms with Crippen LogP contribution in [0, 0.1) is 5.92 Å². The Morgan fingerprint density at radius 3 is 2.45 bits per heavy atom. The molecule has 2 aliphatic rings. The van der Waals surface area contributed by atoms with Crippen molar-refractivity contribution in [2.45, 2.75) is 32.3 Å². The summed E-state index contributed by atoms with van der Waals surface area (Å²) in [5.74, 6) is 0.360. The van der Waals surface area contributed by atoms with Crippen molar-refractivity contribution >= 4 is 59.9 Å². The maximum absolute atomic E-state index is 12.2. The highest BCUT2D eigenvalue weighted by atomic mass is 127. The molecule has 218 valence electrons. The standard InChI is InChI=1S/C32H30ClIN2O6/c33-25-7-3-6-22(14-25)19-40-26-10-8-24(9-11-26)30-34-16-23(17-35-30)20-41-27-12-13-29(28(15-27)31(37)38)36-32(39)42-18-21-4-1-2-5-21/h3,6-17,21H,1-2,4-5,18-20H2,(H,36,39)(H,37,38). The summed E-state index contributed by atoms with van der Waals surface area (Å²) in [6.45, 7) is 1.04. The lowest BCUT2D eigenvalue weighted by molar-refractivity contribution is 0.0697. The molecule has 1 aliphatic carbocycles. The van der Waals surface area contributed by atoms with Crippen LogP contribution in [0.1, 0.15) is 47.2 Å². The summed E-state index contributed by atoms with van der Waals surface area (Å²) in [5.41, 5.74) is 3.06. The second kappa shape index (κ2) is 14.5. The molecule has 8 nitrogen and oxygen atoms in total. The smallest absolute Gasteiger partial charge is 0.411 e. The first-order valence-electron chi connectivity index (χ1n) is 13.6. The molecule has 3 aromatic rings. The molecule has 0 saturated heterocycles. The quantitative estimate of drug-likeness (QED) is 0.198. The number of hydrogen-bond donors (Lipinski definition) is 2. The molecule has 1 fully saturated rings. The first-order chi connectivity index (χ1) is 20.4. The second-order valence-electron chi connectivity index (χ2n) is 9.96. The predicted molar refractivity (Wildman–Crippen MR) is 173 cm³/mol. The number of rotatable bonds is 11. The van der Waals surface area contributed by atoms with Crippen molar-refractivity contribution in [1.29, 1.82) is 0 Å². The molecule has 2 N–H and O–H groups in total. The number of benzene rings is 3. The molecule has 3 aromatic carbocycles. The van der Waals surface area contributed by atoms with Gasteiger partial charge < -0.3 is 19.3 Å². The molecular weight excluding hydrogens is 671 g/mol. The highest BCUT2D eigenvalue weighted by molar-refractivity contribution is 14.2. The van der Waals surface area contributed by atoms with E-state index in [0.717, 1.165) is 51.8 Å². The van der Waals surface area contributed by atoms with E-state index in [1.165, 1.54) is 12.1 Å². The number of carbonyl (C=O) groups is 2. The van der Waals surface area contributed by atoms with E-state index in [-0.39, 0.29) is 17.9 Å². The van der Waals surface area contributed by atoms with E-state index in [4.69, 9.17) is 25.8 Å². The van der Waals surface area contributed by atoms with E-state index in [1.54, 1.807) is 12.3 Å². The number of ether oxygens (including phenoxy) is 3. The number of nitrogens with one attached hydrogen (secondary N) is 1. The summed E-state index contributed by atoms with van der Waals surface area (Å²) in [4.78, 5) is 28.7. The lowest BCUT2D eigenvalue weighted by Crippen LogP contribution is -2.19. The number of halogens is 2. The average Bonchev–Trinajstić information content (AvgIpc) is 3.53. The van der Waals surface area contributed by atoms with E-state index in [1.807, 2.05) is 48.5 Å². The van der Waals surface area contributed by atoms with Gasteiger partial charge in [0, 0.05) is 22.4 Å². The number of nitrogens with zero attached hydrogens (tertiary/aromatic N) is 1. The molecule has 1 saturated carbocycles. The van der Waals surface area contributed by atoms with Gasteiger partial charge in [0.15, 0.2) is 0 Å². The zero-order chi connectivity index (χ0) is 29.3. The van der Waals surface area contributed by atoms with Crippen molar-refractivity contribution in [2.24, 2.45) is 10.9 Å². The normalized spacial score (nSPS) is 14.8. The molecule has 0 aromatic heterocycles. The molecule has 0 radical (unpaired) electrons. The molecular formula is C32H30ClIN2O6. The fourth-order valence-electron chi connectivity index (χ4n) is 4.59. The largest absolute Gasteiger partial charge is 0.489 e. The van der Waals surface area contributed by atoms with Gasteiger partial charge in [-0.1, -0.05) is 57.3 Å². The molecule has 10 heteroatoms. The summed E-state index contributed by atoms with van der Waals surface area (Å²) in [6, 6.07) is 20.0. The van der Waals surface area contributed by atoms with Crippen LogP contribution in [0.3, 0.4) is 0 Å². The van der Waals surface area contributed by atoms with Gasteiger partial charge in [0.1, 0.15) is 28.3 Å². The van der Waals surface area contributed by atoms with E-state index in [0.29, 0.717) is 29.9 Å². The summed E-state index contributed by atoms with van der Waals surface area (Å²) in [7, 11) is 0. The third-order valence-corrected chi connectivity index (χ3v) is 9.66. The second-order valence-corrected chi connectivity index (χ2v) is 12.7. The Kier molecular flexibility index (Phi) is 10.3. The maximum atomic E-state index is 12.2. The lowest BCUT2D eigenvalue weighted by Gasteiger charge is -2.14. The van der Waals surface area contributed by atoms with Crippen LogP contribution in [0.5, 0.6) is 11.5 Å². The number of aromatic carboxylic acids is 1. The first kappa shape index (κ1) is 29.8. The Morgan fingerprint density at radius 1 is 0.976 bits per heavy atom. The van der Waals surface area contributed by atoms with Crippen molar-refractivity contribution in [2.75, 3.05) is 18.5 Å². The third kappa shape index (κ3) is 8.42. The van der Waals surface area contributed by atoms with Crippen LogP contribution in [0.4, 0.5) is 10.5 Å². The average molecular weight is 701 g/mol. The van der Waals surface area contributed by atoms with Gasteiger partial charge in [-0.3, -0.25) is 5.32 Å². The van der Waals surface area contributed by atoms with Crippen molar-refractivity contribution < 1.29 is 28.9 Å². The zero-order valence-corrected chi connectivity index (χ0v) is 25.6. The molecule has 1 amide bonds. The number of carbonyl (C=O) groups excluding carboxylic acids is 1. The highest BCUT2D eigenvalue weighted by Gasteiger charge is 2.19. The van der Waals surface area contributed by atoms with Gasteiger partial charge in [-0.2, -0.15) is 0 Å². The van der Waals surface area contributed by atoms with Crippen LogP contribution in [-0.4, -0.2) is 40.2 Å². The first-order valence-corrected chi connectivity index (χ1v) is 16.3. The van der Waals surface area contributed by atoms with Crippen LogP contribution in [-0.2, 0) is 11.3 Å². The molecule has 1 aliphatic heterocycles. The maximum Gasteiger partial charge on any atom is 0.411 e. The minimum Gasteiger partial charge on any atom is -0.489 e. The van der Waals surface area contributed by atoms with E-state index in [9.17, 15) is 14.7 Å². The number of carboxylic acid groups (broad SMARTS) is 1. The molecule has 0 spiro atoms. The van der Waals surface area contributed by atoms with Gasteiger partial charge in [-0.15, -0.1) is 0 Å². The Labute approximate surface area is 259 Å². The Bertz CT molecular complexity index is 1530. The molecule has 0 atom stereocenters. The van der Waals surface area contributed by atoms with Gasteiger partial charge in [0.05, 0.1) is 17.9 Å². The fourth-order valence-corrected chi connectivity index (χ4v) is 6.86. The molecule has 42 heavy (non-hydrogen) atoms. The van der Waals surface area contributed by atoms with Crippen LogP contribution >= 0.6 is 32.3 Å². The van der Waals surface area contributed by atoms with Gasteiger partial charge in [0.2, 0.25) is 0 Å². The monoisotopic (exact) mass is 700 g/mol. The SMILES string of the molecule is O=C(Nc1ccc(OCC2=CI=C(c3ccc(OCc4cccc(Cl)c4)cc3)N=C2)cc1C(=O)O)OCC1CCCC1. The van der Waals surface area contributed by atoms with Crippen molar-refractivity contribution in [3.63, 3.8) is 0 Å². The Hall–Kier alpha value is -3.70. The summed E-state index contributed by atoms with van der Waals surface area (Å²) in [5, 5.41) is 12.9. The van der Waals surface area contributed by atoms with Crippen molar-refractivity contribution in [1.82, 2.24) is 0 Å². The fraction of sp³-hybridized carbons (Fsp3) is 0.250. The van der Waals surface area contributed by atoms with Crippen molar-refractivity contribution in [3.05, 3.63) is 98.1 Å². The lowest BCUT2D eigenvalue weighted by atomic mass is 10.1. The zero-order valence-electron chi connectivity index (χ0n) is 22.7. The summed E-state index contributed by atoms with van der Waals surface area (Å²) in [6.07, 6.45) is 5.53. The summed E-state index contributed by atoms with van der Waals surface area (Å²) >= 11 is 5.55. The van der Waals surface area contributed by atoms with Gasteiger partial charge in [0.25, 0.3) is 0 Å². The van der Waals surface area contributed by atoms with Gasteiger partial charge >= 0.3 is 12.1 Å². The van der Waals surface area contributed by atoms with Gasteiger partial charge in [-0.25, -0.2) is 14.6 Å². The third-order valence-electron chi connectivity index (χ3n) is 6.82. The molecule has 1 heterocycles. The van der Waals surface area contributed by atoms with Crippen molar-refractivity contribution in [3.8, 4) is 11.5 Å². The van der Waals surface area contributed by atoms with Crippen LogP contribution < -0.4 is 14.8 Å². The van der Waals surface area contributed by atoms with E-state index >= 15 is 0 Å². The highest BCUT2D eigenvalue weighted by Crippen LogP contribution is 2.27. The predicted octanol–water partition coefficient (Wildman–Crippen LogP) is 7.85. The van der Waals surface area contributed by atoms with Crippen LogP contribution in [0.15, 0.2) is 81.4 Å². The molecule has 0 bridgehead atoms. The number of amides is 1. The molecule has 0 unspecified atom stereocenters. The Balaban J connectivity index is 1.13. The number of carboxylic acids is 1. The topological polar surface area (TPSA) is 106 Å². The van der Waals surface area contributed by atoms with E-state index in [2.05, 4.69) is 14.4 Å². The number of anilines is 1. The Morgan fingerprint density at radius 2 is 1.74 bits per heavy atom. The minimum absolute atomic E-state index is 0.0698. The van der Waals surface area contributed by atoms with Gasteiger partial charge in [-0.05, 0) is 83.0 Å². The van der Waals surface area contributed by atoms with E-state index < -0.39 is 32.8 Å². The van der Waals surface area contributed by atoms with Crippen LogP contribution in [0.25, 0.3) is 0 Å².